The molecule has 1 rings (SSSR count). The second-order valence-electron chi connectivity index (χ2n) is 3.62. The summed E-state index contributed by atoms with van der Waals surface area (Å²) in [5.41, 5.74) is 1.44. The van der Waals surface area contributed by atoms with Gasteiger partial charge in [-0.2, -0.15) is 0 Å². The zero-order chi connectivity index (χ0) is 12.3. The Morgan fingerprint density at radius 1 is 1.50 bits per heavy atom. The molecule has 16 heavy (non-hydrogen) atoms. The lowest BCUT2D eigenvalue weighted by molar-refractivity contribution is 0.296. The molecule has 0 aliphatic rings. The summed E-state index contributed by atoms with van der Waals surface area (Å²) in [6.45, 7) is 2.92. The number of sulfonamides is 1. The molecule has 0 bridgehead atoms. The molecular weight excluding hydrogens is 294 g/mol. The SMILES string of the molecule is Cc1ccc(Br)c(NS(=O)(=O)C(C)CO)c1. The summed E-state index contributed by atoms with van der Waals surface area (Å²) >= 11 is 3.26. The van der Waals surface area contributed by atoms with E-state index in [9.17, 15) is 8.42 Å². The third-order valence-corrected chi connectivity index (χ3v) is 4.57. The smallest absolute Gasteiger partial charge is 0.237 e. The fourth-order valence-corrected chi connectivity index (χ4v) is 2.42. The van der Waals surface area contributed by atoms with Crippen molar-refractivity contribution >= 4 is 31.6 Å². The molecule has 1 atom stereocenters. The zero-order valence-corrected chi connectivity index (χ0v) is 11.5. The molecule has 0 aliphatic carbocycles. The van der Waals surface area contributed by atoms with Crippen LogP contribution in [0.5, 0.6) is 0 Å². The molecular formula is C10H14BrNO3S. The van der Waals surface area contributed by atoms with Crippen LogP contribution in [-0.2, 0) is 10.0 Å². The molecule has 1 unspecified atom stereocenters. The van der Waals surface area contributed by atoms with Crippen molar-refractivity contribution in [1.82, 2.24) is 0 Å². The van der Waals surface area contributed by atoms with E-state index in [-0.39, 0.29) is 0 Å². The van der Waals surface area contributed by atoms with E-state index >= 15 is 0 Å². The summed E-state index contributed by atoms with van der Waals surface area (Å²) in [5.74, 6) is 0. The van der Waals surface area contributed by atoms with E-state index in [1.165, 1.54) is 6.92 Å². The highest BCUT2D eigenvalue weighted by Gasteiger charge is 2.20. The predicted molar refractivity (Wildman–Crippen MR) is 68.0 cm³/mol. The van der Waals surface area contributed by atoms with Gasteiger partial charge in [-0.3, -0.25) is 4.72 Å². The monoisotopic (exact) mass is 307 g/mol. The van der Waals surface area contributed by atoms with Crippen LogP contribution in [-0.4, -0.2) is 25.4 Å². The van der Waals surface area contributed by atoms with Gasteiger partial charge < -0.3 is 5.11 Å². The maximum Gasteiger partial charge on any atom is 0.237 e. The van der Waals surface area contributed by atoms with E-state index < -0.39 is 21.9 Å². The van der Waals surface area contributed by atoms with E-state index in [0.29, 0.717) is 10.2 Å². The van der Waals surface area contributed by atoms with Crippen molar-refractivity contribution in [2.24, 2.45) is 0 Å². The standard InChI is InChI=1S/C10H14BrNO3S/c1-7-3-4-9(11)10(5-7)12-16(14,15)8(2)6-13/h3-5,8,12-13H,6H2,1-2H3. The Morgan fingerprint density at radius 3 is 2.69 bits per heavy atom. The molecule has 0 saturated carbocycles. The van der Waals surface area contributed by atoms with Gasteiger partial charge in [-0.1, -0.05) is 6.07 Å². The van der Waals surface area contributed by atoms with Crippen molar-refractivity contribution < 1.29 is 13.5 Å². The Balaban J connectivity index is 3.01. The maximum absolute atomic E-state index is 11.7. The first-order valence-corrected chi connectivity index (χ1v) is 7.09. The van der Waals surface area contributed by atoms with Gasteiger partial charge in [0.2, 0.25) is 10.0 Å². The highest BCUT2D eigenvalue weighted by atomic mass is 79.9. The minimum atomic E-state index is -3.53. The maximum atomic E-state index is 11.7. The molecule has 0 fully saturated rings. The van der Waals surface area contributed by atoms with Gasteiger partial charge in [0, 0.05) is 4.47 Å². The molecule has 0 saturated heterocycles. The summed E-state index contributed by atoms with van der Waals surface area (Å²) in [5, 5.41) is 8.01. The molecule has 0 aliphatic heterocycles. The average Bonchev–Trinajstić information content (AvgIpc) is 2.22. The van der Waals surface area contributed by atoms with Gasteiger partial charge in [0.05, 0.1) is 12.3 Å². The number of benzene rings is 1. The average molecular weight is 308 g/mol. The number of nitrogens with one attached hydrogen (secondary N) is 1. The summed E-state index contributed by atoms with van der Waals surface area (Å²) in [6, 6.07) is 5.37. The zero-order valence-electron chi connectivity index (χ0n) is 9.07. The molecule has 1 aromatic rings. The first kappa shape index (κ1) is 13.5. The Labute approximate surface area is 104 Å². The van der Waals surface area contributed by atoms with Gasteiger partial charge in [-0.15, -0.1) is 0 Å². The second kappa shape index (κ2) is 5.16. The molecule has 90 valence electrons. The molecule has 4 nitrogen and oxygen atoms in total. The highest BCUT2D eigenvalue weighted by Crippen LogP contribution is 2.25. The first-order valence-electron chi connectivity index (χ1n) is 4.75. The summed E-state index contributed by atoms with van der Waals surface area (Å²) in [7, 11) is -3.53. The van der Waals surface area contributed by atoms with E-state index in [4.69, 9.17) is 5.11 Å². The van der Waals surface area contributed by atoms with Gasteiger partial charge in [0.15, 0.2) is 0 Å². The van der Waals surface area contributed by atoms with Crippen LogP contribution in [0.25, 0.3) is 0 Å². The normalized spacial score (nSPS) is 13.5. The van der Waals surface area contributed by atoms with Crippen molar-refractivity contribution in [3.05, 3.63) is 28.2 Å². The molecule has 0 radical (unpaired) electrons. The minimum absolute atomic E-state index is 0.404. The van der Waals surface area contributed by atoms with Crippen LogP contribution >= 0.6 is 15.9 Å². The number of aliphatic hydroxyl groups excluding tert-OH is 1. The van der Waals surface area contributed by atoms with Crippen molar-refractivity contribution in [2.45, 2.75) is 19.1 Å². The number of aliphatic hydroxyl groups is 1. The Bertz CT molecular complexity index is 473. The minimum Gasteiger partial charge on any atom is -0.395 e. The Morgan fingerprint density at radius 2 is 2.12 bits per heavy atom. The number of halogens is 1. The summed E-state index contributed by atoms with van der Waals surface area (Å²) in [6.07, 6.45) is 0. The van der Waals surface area contributed by atoms with E-state index in [2.05, 4.69) is 20.7 Å². The largest absolute Gasteiger partial charge is 0.395 e. The lowest BCUT2D eigenvalue weighted by atomic mass is 10.2. The molecule has 0 heterocycles. The van der Waals surface area contributed by atoms with Crippen LogP contribution in [0.2, 0.25) is 0 Å². The highest BCUT2D eigenvalue weighted by molar-refractivity contribution is 9.10. The molecule has 0 amide bonds. The summed E-state index contributed by atoms with van der Waals surface area (Å²) in [4.78, 5) is 0. The van der Waals surface area contributed by atoms with Crippen molar-refractivity contribution in [3.63, 3.8) is 0 Å². The first-order chi connectivity index (χ1) is 7.36. The van der Waals surface area contributed by atoms with Crippen LogP contribution in [0.1, 0.15) is 12.5 Å². The van der Waals surface area contributed by atoms with Crippen molar-refractivity contribution in [3.8, 4) is 0 Å². The lowest BCUT2D eigenvalue weighted by Gasteiger charge is -2.14. The van der Waals surface area contributed by atoms with Crippen molar-refractivity contribution in [2.75, 3.05) is 11.3 Å². The Kier molecular flexibility index (Phi) is 4.35. The van der Waals surface area contributed by atoms with E-state index in [1.807, 2.05) is 13.0 Å². The topological polar surface area (TPSA) is 66.4 Å². The predicted octanol–water partition coefficient (Wildman–Crippen LogP) is 1.88. The van der Waals surface area contributed by atoms with Gasteiger partial charge >= 0.3 is 0 Å². The summed E-state index contributed by atoms with van der Waals surface area (Å²) < 4.78 is 26.5. The number of hydrogen-bond donors (Lipinski definition) is 2. The number of rotatable bonds is 4. The lowest BCUT2D eigenvalue weighted by Crippen LogP contribution is -2.28. The van der Waals surface area contributed by atoms with Crippen LogP contribution in [0, 0.1) is 6.92 Å². The third-order valence-electron chi connectivity index (χ3n) is 2.16. The van der Waals surface area contributed by atoms with E-state index in [0.717, 1.165) is 5.56 Å². The van der Waals surface area contributed by atoms with Crippen LogP contribution < -0.4 is 4.72 Å². The van der Waals surface area contributed by atoms with Crippen LogP contribution in [0.3, 0.4) is 0 Å². The quantitative estimate of drug-likeness (QED) is 0.892. The van der Waals surface area contributed by atoms with Gasteiger partial charge in [0.25, 0.3) is 0 Å². The number of aryl methyl sites for hydroxylation is 1. The molecule has 2 N–H and O–H groups in total. The molecule has 0 spiro atoms. The molecule has 6 heteroatoms. The number of hydrogen-bond acceptors (Lipinski definition) is 3. The second-order valence-corrected chi connectivity index (χ2v) is 6.58. The fourth-order valence-electron chi connectivity index (χ4n) is 1.07. The fraction of sp³-hybridized carbons (Fsp3) is 0.400. The van der Waals surface area contributed by atoms with Gasteiger partial charge in [0.1, 0.15) is 5.25 Å². The van der Waals surface area contributed by atoms with Gasteiger partial charge in [-0.05, 0) is 47.5 Å². The van der Waals surface area contributed by atoms with Gasteiger partial charge in [-0.25, -0.2) is 8.42 Å². The molecule has 1 aromatic carbocycles. The third kappa shape index (κ3) is 3.20. The van der Waals surface area contributed by atoms with E-state index in [1.54, 1.807) is 12.1 Å². The number of anilines is 1. The van der Waals surface area contributed by atoms with Crippen LogP contribution in [0.4, 0.5) is 5.69 Å². The van der Waals surface area contributed by atoms with Crippen molar-refractivity contribution in [1.29, 1.82) is 0 Å². The Hall–Kier alpha value is -0.590. The molecule has 0 aromatic heterocycles. The van der Waals surface area contributed by atoms with Crippen LogP contribution in [0.15, 0.2) is 22.7 Å².